The first-order valence-electron chi connectivity index (χ1n) is 10.1. The van der Waals surface area contributed by atoms with E-state index < -0.39 is 6.04 Å². The molecule has 0 spiro atoms. The van der Waals surface area contributed by atoms with Crippen LogP contribution in [-0.2, 0) is 16.1 Å². The molecule has 0 bridgehead atoms. The van der Waals surface area contributed by atoms with E-state index in [9.17, 15) is 14.4 Å². The van der Waals surface area contributed by atoms with E-state index in [1.54, 1.807) is 17.3 Å². The van der Waals surface area contributed by atoms with E-state index in [1.165, 1.54) is 6.42 Å². The van der Waals surface area contributed by atoms with Crippen molar-refractivity contribution in [2.75, 3.05) is 13.1 Å². The number of fused-ring (bicyclic) bond motifs is 1. The molecule has 2 atom stereocenters. The van der Waals surface area contributed by atoms with Crippen LogP contribution in [0.4, 0.5) is 4.79 Å². The highest BCUT2D eigenvalue weighted by Gasteiger charge is 2.43. The van der Waals surface area contributed by atoms with E-state index in [4.69, 9.17) is 0 Å². The predicted molar refractivity (Wildman–Crippen MR) is 102 cm³/mol. The number of amides is 4. The first-order valence-corrected chi connectivity index (χ1v) is 10.1. The topological polar surface area (TPSA) is 94.6 Å². The van der Waals surface area contributed by atoms with Gasteiger partial charge < -0.3 is 20.4 Å². The van der Waals surface area contributed by atoms with Gasteiger partial charge in [-0.1, -0.05) is 19.3 Å². The van der Waals surface area contributed by atoms with E-state index in [0.29, 0.717) is 19.5 Å². The first-order chi connectivity index (χ1) is 13.6. The van der Waals surface area contributed by atoms with Gasteiger partial charge in [0.2, 0.25) is 11.8 Å². The lowest BCUT2D eigenvalue weighted by Crippen LogP contribution is -2.55. The van der Waals surface area contributed by atoms with Crippen molar-refractivity contribution in [3.05, 3.63) is 30.1 Å². The maximum Gasteiger partial charge on any atom is 0.318 e. The number of carbonyl (C=O) groups excluding carboxylic acids is 3. The zero-order valence-corrected chi connectivity index (χ0v) is 16.0. The average molecular weight is 385 g/mol. The maximum absolute atomic E-state index is 13.2. The summed E-state index contributed by atoms with van der Waals surface area (Å²) in [6, 6.07) is 3.31. The second-order valence-electron chi connectivity index (χ2n) is 7.94. The number of hydrogen-bond acceptors (Lipinski definition) is 4. The van der Waals surface area contributed by atoms with E-state index in [1.807, 2.05) is 17.0 Å². The van der Waals surface area contributed by atoms with Gasteiger partial charge in [-0.3, -0.25) is 14.6 Å². The molecule has 1 aliphatic carbocycles. The molecule has 4 amide bonds. The summed E-state index contributed by atoms with van der Waals surface area (Å²) in [5.41, 5.74) is 1.05. The Morgan fingerprint density at radius 1 is 1.21 bits per heavy atom. The summed E-state index contributed by atoms with van der Waals surface area (Å²) in [5, 5.41) is 5.72. The third kappa shape index (κ3) is 3.95. The Morgan fingerprint density at radius 2 is 1.96 bits per heavy atom. The number of pyridine rings is 1. The van der Waals surface area contributed by atoms with Crippen molar-refractivity contribution < 1.29 is 14.4 Å². The third-order valence-corrected chi connectivity index (χ3v) is 6.04. The van der Waals surface area contributed by atoms with Gasteiger partial charge in [-0.2, -0.15) is 0 Å². The SMILES string of the molecule is O=C1NCC(=O)N2C[C@@H](NC(=O)N(Cc3ccncc3)C3CCCCC3)C[C@@H]12. The van der Waals surface area contributed by atoms with Gasteiger partial charge in [-0.05, 0) is 37.0 Å². The van der Waals surface area contributed by atoms with Gasteiger partial charge >= 0.3 is 6.03 Å². The molecule has 8 heteroatoms. The second-order valence-corrected chi connectivity index (χ2v) is 7.94. The predicted octanol–water partition coefficient (Wildman–Crippen LogP) is 1.03. The normalized spacial score (nSPS) is 25.2. The lowest BCUT2D eigenvalue weighted by atomic mass is 9.94. The number of rotatable bonds is 4. The monoisotopic (exact) mass is 385 g/mol. The summed E-state index contributed by atoms with van der Waals surface area (Å²) in [6.07, 6.45) is 9.47. The molecule has 2 saturated heterocycles. The van der Waals surface area contributed by atoms with Crippen molar-refractivity contribution in [1.82, 2.24) is 25.4 Å². The number of aromatic nitrogens is 1. The quantitative estimate of drug-likeness (QED) is 0.809. The van der Waals surface area contributed by atoms with E-state index in [0.717, 1.165) is 31.2 Å². The van der Waals surface area contributed by atoms with Gasteiger partial charge in [0.25, 0.3) is 0 Å². The Morgan fingerprint density at radius 3 is 2.68 bits per heavy atom. The van der Waals surface area contributed by atoms with Crippen molar-refractivity contribution in [2.24, 2.45) is 0 Å². The Balaban J connectivity index is 1.44. The molecule has 3 heterocycles. The summed E-state index contributed by atoms with van der Waals surface area (Å²) in [4.78, 5) is 44.8. The molecule has 150 valence electrons. The third-order valence-electron chi connectivity index (χ3n) is 6.04. The van der Waals surface area contributed by atoms with Crippen LogP contribution >= 0.6 is 0 Å². The number of piperazine rings is 1. The number of nitrogens with zero attached hydrogens (tertiary/aromatic N) is 3. The lowest BCUT2D eigenvalue weighted by molar-refractivity contribution is -0.143. The minimum absolute atomic E-state index is 0.0479. The van der Waals surface area contributed by atoms with Crippen molar-refractivity contribution >= 4 is 17.8 Å². The Kier molecular flexibility index (Phi) is 5.45. The summed E-state index contributed by atoms with van der Waals surface area (Å²) < 4.78 is 0. The molecule has 3 fully saturated rings. The minimum atomic E-state index is -0.463. The van der Waals surface area contributed by atoms with Crippen LogP contribution in [0.15, 0.2) is 24.5 Å². The van der Waals surface area contributed by atoms with Gasteiger partial charge in [-0.15, -0.1) is 0 Å². The second kappa shape index (κ2) is 8.16. The van der Waals surface area contributed by atoms with Gasteiger partial charge in [0.05, 0.1) is 12.6 Å². The highest BCUT2D eigenvalue weighted by atomic mass is 16.2. The van der Waals surface area contributed by atoms with Gasteiger partial charge in [-0.25, -0.2) is 4.79 Å². The molecule has 4 rings (SSSR count). The fourth-order valence-corrected chi connectivity index (χ4v) is 4.55. The highest BCUT2D eigenvalue weighted by Crippen LogP contribution is 2.25. The molecule has 1 aromatic rings. The summed E-state index contributed by atoms with van der Waals surface area (Å²) >= 11 is 0. The minimum Gasteiger partial charge on any atom is -0.345 e. The van der Waals surface area contributed by atoms with E-state index >= 15 is 0 Å². The van der Waals surface area contributed by atoms with Crippen LogP contribution in [0.1, 0.15) is 44.1 Å². The van der Waals surface area contributed by atoms with Crippen LogP contribution in [0.5, 0.6) is 0 Å². The molecule has 1 saturated carbocycles. The molecule has 0 aromatic carbocycles. The van der Waals surface area contributed by atoms with Crippen molar-refractivity contribution in [3.8, 4) is 0 Å². The smallest absolute Gasteiger partial charge is 0.318 e. The molecule has 2 aliphatic heterocycles. The number of hydrogen-bond donors (Lipinski definition) is 2. The Labute approximate surface area is 164 Å². The van der Waals surface area contributed by atoms with Crippen LogP contribution in [0.2, 0.25) is 0 Å². The van der Waals surface area contributed by atoms with E-state index in [2.05, 4.69) is 15.6 Å². The van der Waals surface area contributed by atoms with Gasteiger partial charge in [0, 0.05) is 31.5 Å². The number of carbonyl (C=O) groups is 3. The summed E-state index contributed by atoms with van der Waals surface area (Å²) in [5.74, 6) is -0.209. The Hall–Kier alpha value is -2.64. The summed E-state index contributed by atoms with van der Waals surface area (Å²) in [7, 11) is 0. The molecule has 1 aromatic heterocycles. The van der Waals surface area contributed by atoms with Crippen molar-refractivity contribution in [3.63, 3.8) is 0 Å². The molecular weight excluding hydrogens is 358 g/mol. The fourth-order valence-electron chi connectivity index (χ4n) is 4.55. The Bertz CT molecular complexity index is 711. The standard InChI is InChI=1S/C20H27N5O3/c26-18-11-22-19(27)17-10-15(13-25(17)18)23-20(28)24(16-4-2-1-3-5-16)12-14-6-8-21-9-7-14/h6-9,15-17H,1-5,10-13H2,(H,22,27)(H,23,28)/t15-,17-/m0/s1. The van der Waals surface area contributed by atoms with Gasteiger partial charge in [0.15, 0.2) is 0 Å². The van der Waals surface area contributed by atoms with Crippen LogP contribution in [0.25, 0.3) is 0 Å². The van der Waals surface area contributed by atoms with Crippen LogP contribution in [0, 0.1) is 0 Å². The molecule has 3 aliphatic rings. The van der Waals surface area contributed by atoms with Crippen molar-refractivity contribution in [2.45, 2.75) is 63.2 Å². The van der Waals surface area contributed by atoms with Crippen LogP contribution in [-0.4, -0.2) is 63.8 Å². The van der Waals surface area contributed by atoms with Crippen LogP contribution in [0.3, 0.4) is 0 Å². The zero-order valence-electron chi connectivity index (χ0n) is 16.0. The van der Waals surface area contributed by atoms with Gasteiger partial charge in [0.1, 0.15) is 6.04 Å². The lowest BCUT2D eigenvalue weighted by Gasteiger charge is -2.35. The largest absolute Gasteiger partial charge is 0.345 e. The first kappa shape index (κ1) is 18.7. The van der Waals surface area contributed by atoms with Crippen LogP contribution < -0.4 is 10.6 Å². The molecular formula is C20H27N5O3. The number of urea groups is 1. The highest BCUT2D eigenvalue weighted by molar-refractivity contribution is 5.95. The molecule has 8 nitrogen and oxygen atoms in total. The number of nitrogens with one attached hydrogen (secondary N) is 2. The molecule has 28 heavy (non-hydrogen) atoms. The van der Waals surface area contributed by atoms with Crippen molar-refractivity contribution in [1.29, 1.82) is 0 Å². The summed E-state index contributed by atoms with van der Waals surface area (Å²) in [6.45, 7) is 0.987. The fraction of sp³-hybridized carbons (Fsp3) is 0.600. The zero-order chi connectivity index (χ0) is 19.5. The average Bonchev–Trinajstić information content (AvgIpc) is 3.15. The maximum atomic E-state index is 13.2. The molecule has 2 N–H and O–H groups in total. The molecule has 0 unspecified atom stereocenters. The molecule has 0 radical (unpaired) electrons. The van der Waals surface area contributed by atoms with E-state index in [-0.39, 0.29) is 36.5 Å².